The molecule has 0 aromatic heterocycles. The number of amides is 2. The number of hydrogen-bond acceptors (Lipinski definition) is 3. The molecule has 122 valence electrons. The number of halogens is 1. The van der Waals surface area contributed by atoms with Gasteiger partial charge in [-0.2, -0.15) is 0 Å². The van der Waals surface area contributed by atoms with Crippen LogP contribution < -0.4 is 10.6 Å². The van der Waals surface area contributed by atoms with E-state index in [-0.39, 0.29) is 5.91 Å². The van der Waals surface area contributed by atoms with Crippen molar-refractivity contribution in [3.8, 4) is 0 Å². The Morgan fingerprint density at radius 2 is 1.95 bits per heavy atom. The maximum atomic E-state index is 11.9. The van der Waals surface area contributed by atoms with Crippen LogP contribution >= 0.6 is 11.6 Å². The van der Waals surface area contributed by atoms with Gasteiger partial charge in [-0.25, -0.2) is 4.79 Å². The zero-order chi connectivity index (χ0) is 16.8. The Morgan fingerprint density at radius 1 is 1.27 bits per heavy atom. The minimum Gasteiger partial charge on any atom is -0.444 e. The number of alkyl carbamates (subject to hydrolysis) is 1. The second-order valence-electron chi connectivity index (χ2n) is 6.04. The molecule has 0 aliphatic rings. The molecule has 0 aliphatic carbocycles. The van der Waals surface area contributed by atoms with E-state index in [0.29, 0.717) is 30.1 Å². The van der Waals surface area contributed by atoms with Crippen LogP contribution in [0.4, 0.5) is 10.5 Å². The highest BCUT2D eigenvalue weighted by Gasteiger charge is 2.15. The average molecular weight is 327 g/mol. The van der Waals surface area contributed by atoms with E-state index in [9.17, 15) is 9.59 Å². The fourth-order valence-electron chi connectivity index (χ4n) is 1.70. The van der Waals surface area contributed by atoms with Gasteiger partial charge in [0.05, 0.1) is 0 Å². The lowest BCUT2D eigenvalue weighted by Gasteiger charge is -2.19. The first-order valence-corrected chi connectivity index (χ1v) is 7.58. The lowest BCUT2D eigenvalue weighted by atomic mass is 10.2. The van der Waals surface area contributed by atoms with Crippen molar-refractivity contribution in [1.82, 2.24) is 5.32 Å². The third-order valence-electron chi connectivity index (χ3n) is 2.72. The van der Waals surface area contributed by atoms with Crippen molar-refractivity contribution in [2.24, 2.45) is 0 Å². The van der Waals surface area contributed by atoms with Crippen LogP contribution in [-0.2, 0) is 9.53 Å². The summed E-state index contributed by atoms with van der Waals surface area (Å²) in [5.74, 6) is -0.114. The Bertz CT molecular complexity index is 539. The van der Waals surface area contributed by atoms with Gasteiger partial charge in [-0.3, -0.25) is 4.79 Å². The van der Waals surface area contributed by atoms with Crippen molar-refractivity contribution >= 4 is 29.3 Å². The highest BCUT2D eigenvalue weighted by molar-refractivity contribution is 6.31. The molecule has 22 heavy (non-hydrogen) atoms. The SMILES string of the molecule is Cc1ccc(Cl)cc1NC(=O)CCCNC(=O)OC(C)(C)C. The van der Waals surface area contributed by atoms with Gasteiger partial charge < -0.3 is 15.4 Å². The third kappa shape index (κ3) is 7.31. The molecule has 0 spiro atoms. The van der Waals surface area contributed by atoms with Crippen molar-refractivity contribution in [3.05, 3.63) is 28.8 Å². The Kier molecular flexibility index (Phi) is 6.68. The van der Waals surface area contributed by atoms with E-state index < -0.39 is 11.7 Å². The lowest BCUT2D eigenvalue weighted by Crippen LogP contribution is -2.33. The second kappa shape index (κ2) is 8.03. The monoisotopic (exact) mass is 326 g/mol. The fraction of sp³-hybridized carbons (Fsp3) is 0.500. The lowest BCUT2D eigenvalue weighted by molar-refractivity contribution is -0.116. The number of carbonyl (C=O) groups excluding carboxylic acids is 2. The molecule has 0 unspecified atom stereocenters. The van der Waals surface area contributed by atoms with Crippen LogP contribution in [0.5, 0.6) is 0 Å². The van der Waals surface area contributed by atoms with Crippen LogP contribution in [0.2, 0.25) is 5.02 Å². The van der Waals surface area contributed by atoms with Gasteiger partial charge in [0.1, 0.15) is 5.60 Å². The molecule has 0 bridgehead atoms. The molecule has 5 nitrogen and oxygen atoms in total. The Labute approximate surface area is 136 Å². The summed E-state index contributed by atoms with van der Waals surface area (Å²) in [5, 5.41) is 6.00. The first-order chi connectivity index (χ1) is 10.2. The van der Waals surface area contributed by atoms with Gasteiger partial charge in [-0.05, 0) is 51.8 Å². The van der Waals surface area contributed by atoms with Crippen molar-refractivity contribution in [2.75, 3.05) is 11.9 Å². The molecule has 0 aliphatic heterocycles. The predicted octanol–water partition coefficient (Wildman–Crippen LogP) is 3.89. The smallest absolute Gasteiger partial charge is 0.407 e. The standard InChI is InChI=1S/C16H23ClN2O3/c1-11-7-8-12(17)10-13(11)19-14(20)6-5-9-18-15(21)22-16(2,3)4/h7-8,10H,5-6,9H2,1-4H3,(H,18,21)(H,19,20). The highest BCUT2D eigenvalue weighted by Crippen LogP contribution is 2.20. The maximum absolute atomic E-state index is 11.9. The van der Waals surface area contributed by atoms with Crippen molar-refractivity contribution in [2.45, 2.75) is 46.1 Å². The number of ether oxygens (including phenoxy) is 1. The molecule has 6 heteroatoms. The minimum absolute atomic E-state index is 0.114. The topological polar surface area (TPSA) is 67.4 Å². The Hall–Kier alpha value is -1.75. The van der Waals surface area contributed by atoms with E-state index in [2.05, 4.69) is 10.6 Å². The number of rotatable bonds is 5. The first kappa shape index (κ1) is 18.3. The van der Waals surface area contributed by atoms with E-state index in [0.717, 1.165) is 5.56 Å². The number of carbonyl (C=O) groups is 2. The highest BCUT2D eigenvalue weighted by atomic mass is 35.5. The quantitative estimate of drug-likeness (QED) is 0.806. The summed E-state index contributed by atoms with van der Waals surface area (Å²) >= 11 is 5.90. The third-order valence-corrected chi connectivity index (χ3v) is 2.96. The predicted molar refractivity (Wildman–Crippen MR) is 88.3 cm³/mol. The van der Waals surface area contributed by atoms with Crippen molar-refractivity contribution in [3.63, 3.8) is 0 Å². The van der Waals surface area contributed by atoms with Crippen LogP contribution in [0.15, 0.2) is 18.2 Å². The maximum Gasteiger partial charge on any atom is 0.407 e. The van der Waals surface area contributed by atoms with Crippen LogP contribution in [0.25, 0.3) is 0 Å². The second-order valence-corrected chi connectivity index (χ2v) is 6.48. The summed E-state index contributed by atoms with van der Waals surface area (Å²) in [7, 11) is 0. The number of aryl methyl sites for hydroxylation is 1. The molecule has 2 N–H and O–H groups in total. The van der Waals surface area contributed by atoms with Crippen molar-refractivity contribution < 1.29 is 14.3 Å². The summed E-state index contributed by atoms with van der Waals surface area (Å²) in [6.45, 7) is 7.68. The molecule has 0 fully saturated rings. The average Bonchev–Trinajstić information content (AvgIpc) is 2.37. The fourth-order valence-corrected chi connectivity index (χ4v) is 1.87. The molecule has 0 radical (unpaired) electrons. The van der Waals surface area contributed by atoms with E-state index >= 15 is 0 Å². The van der Waals surface area contributed by atoms with Crippen LogP contribution in [-0.4, -0.2) is 24.1 Å². The Morgan fingerprint density at radius 3 is 2.59 bits per heavy atom. The zero-order valence-electron chi connectivity index (χ0n) is 13.5. The normalized spacial score (nSPS) is 11.0. The molecule has 0 heterocycles. The van der Waals surface area contributed by atoms with E-state index in [1.165, 1.54) is 0 Å². The van der Waals surface area contributed by atoms with Crippen LogP contribution in [0, 0.1) is 6.92 Å². The molecule has 0 saturated carbocycles. The molecule has 1 aromatic rings. The van der Waals surface area contributed by atoms with Crippen molar-refractivity contribution in [1.29, 1.82) is 0 Å². The van der Waals surface area contributed by atoms with E-state index in [1.807, 2.05) is 13.0 Å². The van der Waals surface area contributed by atoms with Crippen LogP contribution in [0.3, 0.4) is 0 Å². The van der Waals surface area contributed by atoms with Gasteiger partial charge in [-0.1, -0.05) is 17.7 Å². The number of nitrogens with one attached hydrogen (secondary N) is 2. The summed E-state index contributed by atoms with van der Waals surface area (Å²) in [6.07, 6.45) is 0.366. The van der Waals surface area contributed by atoms with Gasteiger partial charge >= 0.3 is 6.09 Å². The summed E-state index contributed by atoms with van der Waals surface area (Å²) in [4.78, 5) is 23.3. The van der Waals surface area contributed by atoms with E-state index in [4.69, 9.17) is 16.3 Å². The summed E-state index contributed by atoms with van der Waals surface area (Å²) < 4.78 is 5.10. The largest absolute Gasteiger partial charge is 0.444 e. The number of anilines is 1. The van der Waals surface area contributed by atoms with Gasteiger partial charge in [0.2, 0.25) is 5.91 Å². The molecule has 1 rings (SSSR count). The summed E-state index contributed by atoms with van der Waals surface area (Å²) in [5.41, 5.74) is 1.13. The molecule has 0 saturated heterocycles. The van der Waals surface area contributed by atoms with Gasteiger partial charge in [-0.15, -0.1) is 0 Å². The zero-order valence-corrected chi connectivity index (χ0v) is 14.2. The molecule has 0 atom stereocenters. The van der Waals surface area contributed by atoms with Gasteiger partial charge in [0.15, 0.2) is 0 Å². The van der Waals surface area contributed by atoms with Crippen LogP contribution in [0.1, 0.15) is 39.2 Å². The number of hydrogen-bond donors (Lipinski definition) is 2. The molecule has 1 aromatic carbocycles. The molecular weight excluding hydrogens is 304 g/mol. The number of benzene rings is 1. The minimum atomic E-state index is -0.522. The molecular formula is C16H23ClN2O3. The van der Waals surface area contributed by atoms with Gasteiger partial charge in [0.25, 0.3) is 0 Å². The van der Waals surface area contributed by atoms with Gasteiger partial charge in [0, 0.05) is 23.7 Å². The Balaban J connectivity index is 2.29. The summed E-state index contributed by atoms with van der Waals surface area (Å²) in [6, 6.07) is 5.34. The molecule has 2 amide bonds. The first-order valence-electron chi connectivity index (χ1n) is 7.20. The van der Waals surface area contributed by atoms with E-state index in [1.54, 1.807) is 32.9 Å².